The average Bonchev–Trinajstić information content (AvgIpc) is 2.28. The highest BCUT2D eigenvalue weighted by Gasteiger charge is 2.21. The normalized spacial score (nSPS) is 12.2. The van der Waals surface area contributed by atoms with E-state index in [4.69, 9.17) is 0 Å². The van der Waals surface area contributed by atoms with Crippen LogP contribution >= 0.6 is 0 Å². The Morgan fingerprint density at radius 1 is 1.35 bits per heavy atom. The number of benzene rings is 1. The predicted molar refractivity (Wildman–Crippen MR) is 63.2 cm³/mol. The molecule has 0 saturated heterocycles. The Kier molecular flexibility index (Phi) is 4.17. The fraction of sp³-hybridized carbons (Fsp3) is 0.364. The van der Waals surface area contributed by atoms with Gasteiger partial charge < -0.3 is 11.1 Å². The highest BCUT2D eigenvalue weighted by atomic mass is 16.6. The molecule has 0 radical (unpaired) electrons. The van der Waals surface area contributed by atoms with E-state index in [2.05, 4.69) is 11.1 Å². The van der Waals surface area contributed by atoms with Crippen LogP contribution in [0.3, 0.4) is 0 Å². The van der Waals surface area contributed by atoms with Gasteiger partial charge in [0.2, 0.25) is 0 Å². The number of amides is 1. The van der Waals surface area contributed by atoms with Crippen LogP contribution in [0.4, 0.5) is 11.4 Å². The molecule has 1 rings (SSSR count). The first-order valence-corrected chi connectivity index (χ1v) is 5.30. The zero-order chi connectivity index (χ0) is 13.0. The summed E-state index contributed by atoms with van der Waals surface area (Å²) in [6, 6.07) is 5.36. The lowest BCUT2D eigenvalue weighted by molar-refractivity contribution is -0.412. The lowest BCUT2D eigenvalue weighted by Gasteiger charge is -2.12. The monoisotopic (exact) mass is 238 g/mol. The van der Waals surface area contributed by atoms with Gasteiger partial charge in [-0.2, -0.15) is 0 Å². The molecule has 0 aliphatic heterocycles. The summed E-state index contributed by atoms with van der Waals surface area (Å²) < 4.78 is 0. The summed E-state index contributed by atoms with van der Waals surface area (Å²) in [6.07, 6.45) is 0. The van der Waals surface area contributed by atoms with Crippen molar-refractivity contribution in [3.8, 4) is 0 Å². The van der Waals surface area contributed by atoms with Gasteiger partial charge in [-0.1, -0.05) is 13.8 Å². The molecule has 1 atom stereocenters. The summed E-state index contributed by atoms with van der Waals surface area (Å²) >= 11 is 0. The number of nitro benzene ring substituents is 1. The summed E-state index contributed by atoms with van der Waals surface area (Å²) in [7, 11) is 0. The molecule has 6 nitrogen and oxygen atoms in total. The van der Waals surface area contributed by atoms with Crippen LogP contribution in [0, 0.1) is 16.0 Å². The van der Waals surface area contributed by atoms with E-state index in [0.717, 1.165) is 0 Å². The van der Waals surface area contributed by atoms with Crippen molar-refractivity contribution < 1.29 is 15.5 Å². The maximum Gasteiger partial charge on any atom is 0.282 e. The Balaban J connectivity index is 2.70. The van der Waals surface area contributed by atoms with Crippen LogP contribution in [0.25, 0.3) is 0 Å². The number of nitrogens with one attached hydrogen (secondary N) is 1. The molecule has 1 aromatic rings. The summed E-state index contributed by atoms with van der Waals surface area (Å²) in [4.78, 5) is 21.6. The minimum atomic E-state index is -0.482. The average molecular weight is 238 g/mol. The summed E-state index contributed by atoms with van der Waals surface area (Å²) in [5.74, 6) is -0.0399. The Morgan fingerprint density at radius 3 is 2.29 bits per heavy atom. The van der Waals surface area contributed by atoms with E-state index in [1.54, 1.807) is 0 Å². The molecule has 0 aromatic heterocycles. The Hall–Kier alpha value is -1.95. The standard InChI is InChI=1S/C11H15N3O3/c1-7(2)10(12)11(15)13-8-3-5-9(6-4-8)14(16)17/h3-7,10H,12H2,1-2H3,(H,13,15)/p+1/t10-/m0/s1. The van der Waals surface area contributed by atoms with Gasteiger partial charge in [-0.05, 0) is 12.1 Å². The second-order valence-electron chi connectivity index (χ2n) is 4.14. The van der Waals surface area contributed by atoms with Crippen LogP contribution in [-0.4, -0.2) is 16.9 Å². The Morgan fingerprint density at radius 2 is 1.88 bits per heavy atom. The van der Waals surface area contributed by atoms with Gasteiger partial charge in [-0.3, -0.25) is 14.9 Å². The molecule has 0 aliphatic carbocycles. The molecular formula is C11H16N3O3+. The molecule has 0 fully saturated rings. The number of rotatable bonds is 4. The van der Waals surface area contributed by atoms with Gasteiger partial charge in [0.05, 0.1) is 4.92 Å². The van der Waals surface area contributed by atoms with Gasteiger partial charge in [0, 0.05) is 23.7 Å². The van der Waals surface area contributed by atoms with Gasteiger partial charge in [0.15, 0.2) is 6.04 Å². The van der Waals surface area contributed by atoms with E-state index < -0.39 is 4.92 Å². The fourth-order valence-electron chi connectivity index (χ4n) is 1.20. The molecule has 0 spiro atoms. The van der Waals surface area contributed by atoms with Crippen molar-refractivity contribution in [3.63, 3.8) is 0 Å². The second-order valence-corrected chi connectivity index (χ2v) is 4.14. The van der Waals surface area contributed by atoms with Crippen LogP contribution in [0.1, 0.15) is 13.8 Å². The van der Waals surface area contributed by atoms with E-state index >= 15 is 0 Å². The minimum Gasteiger partial charge on any atom is -0.347 e. The molecule has 92 valence electrons. The molecule has 0 unspecified atom stereocenters. The lowest BCUT2D eigenvalue weighted by atomic mass is 10.0. The maximum atomic E-state index is 11.7. The first kappa shape index (κ1) is 13.1. The molecule has 6 heteroatoms. The first-order chi connectivity index (χ1) is 7.91. The van der Waals surface area contributed by atoms with E-state index in [1.165, 1.54) is 24.3 Å². The molecule has 0 heterocycles. The molecule has 1 amide bonds. The molecule has 17 heavy (non-hydrogen) atoms. The molecule has 0 aliphatic rings. The number of non-ortho nitro benzene ring substituents is 1. The van der Waals surface area contributed by atoms with Gasteiger partial charge in [-0.15, -0.1) is 0 Å². The zero-order valence-electron chi connectivity index (χ0n) is 9.84. The highest BCUT2D eigenvalue weighted by Crippen LogP contribution is 2.15. The quantitative estimate of drug-likeness (QED) is 0.599. The third-order valence-electron chi connectivity index (χ3n) is 2.49. The molecule has 0 bridgehead atoms. The van der Waals surface area contributed by atoms with E-state index in [1.807, 2.05) is 13.8 Å². The third-order valence-corrected chi connectivity index (χ3v) is 2.49. The topological polar surface area (TPSA) is 99.9 Å². The summed E-state index contributed by atoms with van der Waals surface area (Å²) in [5, 5.41) is 13.1. The number of carbonyl (C=O) groups excluding carboxylic acids is 1. The molecular weight excluding hydrogens is 222 g/mol. The smallest absolute Gasteiger partial charge is 0.282 e. The van der Waals surface area contributed by atoms with Crippen LogP contribution in [0.15, 0.2) is 24.3 Å². The third kappa shape index (κ3) is 3.53. The van der Waals surface area contributed by atoms with Crippen LogP contribution < -0.4 is 11.1 Å². The summed E-state index contributed by atoms with van der Waals surface area (Å²) in [6.45, 7) is 3.82. The lowest BCUT2D eigenvalue weighted by Crippen LogP contribution is -2.68. The SMILES string of the molecule is CC(C)[C@H]([NH3+])C(=O)Nc1ccc([N+](=O)[O-])cc1. The van der Waals surface area contributed by atoms with Crippen molar-refractivity contribution in [2.75, 3.05) is 5.32 Å². The largest absolute Gasteiger partial charge is 0.347 e. The van der Waals surface area contributed by atoms with Gasteiger partial charge in [-0.25, -0.2) is 0 Å². The number of anilines is 1. The van der Waals surface area contributed by atoms with E-state index in [9.17, 15) is 14.9 Å². The summed E-state index contributed by atoms with van der Waals surface area (Å²) in [5.41, 5.74) is 4.29. The number of carbonyl (C=O) groups is 1. The predicted octanol–water partition coefficient (Wildman–Crippen LogP) is 0.800. The maximum absolute atomic E-state index is 11.7. The number of hydrogen-bond acceptors (Lipinski definition) is 3. The van der Waals surface area contributed by atoms with Gasteiger partial charge in [0.1, 0.15) is 0 Å². The van der Waals surface area contributed by atoms with E-state index in [0.29, 0.717) is 5.69 Å². The van der Waals surface area contributed by atoms with Crippen molar-refractivity contribution in [1.82, 2.24) is 0 Å². The van der Waals surface area contributed by atoms with Gasteiger partial charge in [0.25, 0.3) is 11.6 Å². The Bertz CT molecular complexity index is 414. The molecule has 0 saturated carbocycles. The number of quaternary nitrogens is 1. The molecule has 1 aromatic carbocycles. The number of hydrogen-bond donors (Lipinski definition) is 2. The van der Waals surface area contributed by atoms with Crippen molar-refractivity contribution in [2.45, 2.75) is 19.9 Å². The van der Waals surface area contributed by atoms with E-state index in [-0.39, 0.29) is 23.6 Å². The number of nitrogens with zero attached hydrogens (tertiary/aromatic N) is 1. The van der Waals surface area contributed by atoms with Crippen LogP contribution in [-0.2, 0) is 4.79 Å². The highest BCUT2D eigenvalue weighted by molar-refractivity contribution is 5.93. The van der Waals surface area contributed by atoms with Crippen molar-refractivity contribution >= 4 is 17.3 Å². The van der Waals surface area contributed by atoms with Crippen LogP contribution in [0.5, 0.6) is 0 Å². The fourth-order valence-corrected chi connectivity index (χ4v) is 1.20. The van der Waals surface area contributed by atoms with Crippen molar-refractivity contribution in [3.05, 3.63) is 34.4 Å². The van der Waals surface area contributed by atoms with Crippen LogP contribution in [0.2, 0.25) is 0 Å². The molecule has 4 N–H and O–H groups in total. The number of nitro groups is 1. The van der Waals surface area contributed by atoms with Crippen molar-refractivity contribution in [1.29, 1.82) is 0 Å². The van der Waals surface area contributed by atoms with Gasteiger partial charge >= 0.3 is 0 Å². The Labute approximate surface area is 99.0 Å². The zero-order valence-corrected chi connectivity index (χ0v) is 9.84. The second kappa shape index (κ2) is 5.40. The minimum absolute atomic E-state index is 0.00182. The first-order valence-electron chi connectivity index (χ1n) is 5.30. The van der Waals surface area contributed by atoms with Crippen molar-refractivity contribution in [2.24, 2.45) is 5.92 Å².